The van der Waals surface area contributed by atoms with Crippen molar-refractivity contribution in [1.29, 1.82) is 10.5 Å². The van der Waals surface area contributed by atoms with Gasteiger partial charge in [-0.15, -0.1) is 0 Å². The summed E-state index contributed by atoms with van der Waals surface area (Å²) in [5, 5.41) is 15.2. The summed E-state index contributed by atoms with van der Waals surface area (Å²) in [6.07, 6.45) is 0. The normalized spacial score (nSPS) is 3.71. The first-order valence-corrected chi connectivity index (χ1v) is 2.23. The summed E-state index contributed by atoms with van der Waals surface area (Å²) in [4.78, 5) is 0. The molecule has 0 atom stereocenters. The zero-order valence-electron chi connectivity index (χ0n) is 4.20. The van der Waals surface area contributed by atoms with E-state index in [9.17, 15) is 0 Å². The van der Waals surface area contributed by atoms with E-state index in [0.29, 0.717) is 0 Å². The van der Waals surface area contributed by atoms with E-state index in [1.807, 2.05) is 0 Å². The van der Waals surface area contributed by atoms with Crippen LogP contribution < -0.4 is 103 Å². The second kappa shape index (κ2) is 16.0. The van der Waals surface area contributed by atoms with Crippen molar-refractivity contribution in [1.82, 2.24) is 0 Å². The fourth-order valence-corrected chi connectivity index (χ4v) is 0.0892. The Morgan fingerprint density at radius 3 is 1.29 bits per heavy atom. The van der Waals surface area contributed by atoms with Gasteiger partial charge in [0.25, 0.3) is 0 Å². The van der Waals surface area contributed by atoms with Gasteiger partial charge in [-0.25, -0.2) is 0 Å². The van der Waals surface area contributed by atoms with Crippen LogP contribution >= 0.6 is 0 Å². The molecular weight excluding hydrogens is 238 g/mol. The van der Waals surface area contributed by atoms with E-state index in [1.54, 1.807) is 8.57 Å². The molecule has 0 aliphatic rings. The summed E-state index contributed by atoms with van der Waals surface area (Å²) in [7, 11) is 0. The SMILES string of the molecule is N#[C][Ag-2][C]#N.[K+].[K+]. The molecule has 0 spiro atoms. The van der Waals surface area contributed by atoms with Crippen molar-refractivity contribution in [2.45, 2.75) is 0 Å². The first kappa shape index (κ1) is 16.5. The predicted molar refractivity (Wildman–Crippen MR) is 11.2 cm³/mol. The van der Waals surface area contributed by atoms with E-state index in [-0.39, 0.29) is 123 Å². The molecular formula is C2AgK2N2. The third kappa shape index (κ3) is 17.6. The molecule has 0 amide bonds. The van der Waals surface area contributed by atoms with Gasteiger partial charge in [0.05, 0.1) is 0 Å². The molecule has 0 aromatic heterocycles. The van der Waals surface area contributed by atoms with E-state index in [1.165, 1.54) is 0 Å². The number of hydrogen-bond acceptors (Lipinski definition) is 2. The zero-order chi connectivity index (χ0) is 4.12. The molecule has 0 unspecified atom stereocenters. The molecule has 0 bridgehead atoms. The summed E-state index contributed by atoms with van der Waals surface area (Å²) >= 11 is -0.207. The van der Waals surface area contributed by atoms with Crippen molar-refractivity contribution >= 4 is 0 Å². The van der Waals surface area contributed by atoms with Crippen molar-refractivity contribution in [3.8, 4) is 8.57 Å². The number of nitriles is 2. The van der Waals surface area contributed by atoms with E-state index < -0.39 is 0 Å². The van der Waals surface area contributed by atoms with E-state index in [0.717, 1.165) is 0 Å². The van der Waals surface area contributed by atoms with Crippen LogP contribution in [0.3, 0.4) is 0 Å². The number of hydrogen-bond donors (Lipinski definition) is 0. The van der Waals surface area contributed by atoms with Crippen LogP contribution in [0.2, 0.25) is 0 Å². The van der Waals surface area contributed by atoms with Crippen molar-refractivity contribution in [2.24, 2.45) is 0 Å². The third-order valence-electron chi connectivity index (χ3n) is 0.0674. The molecule has 0 fully saturated rings. The maximum Gasteiger partial charge on any atom is 1.00 e. The van der Waals surface area contributed by atoms with Gasteiger partial charge in [-0.1, -0.05) is 0 Å². The minimum absolute atomic E-state index is 0. The average Bonchev–Trinajstić information content (AvgIpc) is 1.41. The Morgan fingerprint density at radius 2 is 1.29 bits per heavy atom. The number of rotatable bonds is 0. The molecule has 0 aliphatic heterocycles. The molecule has 0 rings (SSSR count). The van der Waals surface area contributed by atoms with Crippen LogP contribution in [-0.2, 0) is 19.8 Å². The van der Waals surface area contributed by atoms with Crippen molar-refractivity contribution in [3.05, 3.63) is 0 Å². The second-order valence-electron chi connectivity index (χ2n) is 0.210. The van der Waals surface area contributed by atoms with Crippen LogP contribution in [-0.4, -0.2) is 0 Å². The summed E-state index contributed by atoms with van der Waals surface area (Å²) in [6, 6.07) is 0. The van der Waals surface area contributed by atoms with Gasteiger partial charge in [0.15, 0.2) is 0 Å². The topological polar surface area (TPSA) is 47.6 Å². The fourth-order valence-electron chi connectivity index (χ4n) is 0.0151. The largest absolute Gasteiger partial charge is 1.00 e. The van der Waals surface area contributed by atoms with E-state index in [2.05, 4.69) is 0 Å². The van der Waals surface area contributed by atoms with Gasteiger partial charge in [0.1, 0.15) is 0 Å². The molecule has 0 aromatic rings. The fraction of sp³-hybridized carbons (Fsp3) is 0. The van der Waals surface area contributed by atoms with Gasteiger partial charge in [-0.2, -0.15) is 0 Å². The number of nitrogens with zero attached hydrogens (tertiary/aromatic N) is 2. The minimum Gasteiger partial charge on any atom is 1.00 e. The van der Waals surface area contributed by atoms with Crippen LogP contribution in [0.5, 0.6) is 0 Å². The third-order valence-corrected chi connectivity index (χ3v) is 0.399. The Hall–Kier alpha value is 2.99. The monoisotopic (exact) mass is 237 g/mol. The quantitative estimate of drug-likeness (QED) is 0.394. The summed E-state index contributed by atoms with van der Waals surface area (Å²) < 4.78 is 3.37. The van der Waals surface area contributed by atoms with Crippen LogP contribution in [0.15, 0.2) is 0 Å². The summed E-state index contributed by atoms with van der Waals surface area (Å²) in [6.45, 7) is 0. The predicted octanol–water partition coefficient (Wildman–Crippen LogP) is -5.96. The smallest absolute Gasteiger partial charge is 1.00 e. The van der Waals surface area contributed by atoms with Gasteiger partial charge in [0, 0.05) is 0 Å². The Bertz CT molecular complexity index is 78.8. The van der Waals surface area contributed by atoms with Gasteiger partial charge in [-0.05, 0) is 0 Å². The minimum atomic E-state index is -0.207. The first-order chi connectivity index (χ1) is 2.41. The van der Waals surface area contributed by atoms with Crippen molar-refractivity contribution < 1.29 is 123 Å². The molecule has 0 N–H and O–H groups in total. The Morgan fingerprint density at radius 1 is 1.00 bits per heavy atom. The molecule has 0 radical (unpaired) electrons. The average molecular weight is 238 g/mol. The Kier molecular flexibility index (Phi) is 37.8. The molecule has 0 saturated heterocycles. The molecule has 0 aliphatic carbocycles. The summed E-state index contributed by atoms with van der Waals surface area (Å²) in [5.41, 5.74) is 0. The molecule has 0 aromatic carbocycles. The maximum absolute atomic E-state index is 7.61. The zero-order valence-corrected chi connectivity index (χ0v) is 11.9. The molecule has 5 heteroatoms. The van der Waals surface area contributed by atoms with Gasteiger partial charge < -0.3 is 0 Å². The van der Waals surface area contributed by atoms with Crippen molar-refractivity contribution in [2.75, 3.05) is 0 Å². The van der Waals surface area contributed by atoms with Crippen LogP contribution in [0.25, 0.3) is 0 Å². The molecule has 0 heterocycles. The van der Waals surface area contributed by atoms with Crippen LogP contribution in [0, 0.1) is 19.1 Å². The first-order valence-electron chi connectivity index (χ1n) is 0.749. The Labute approximate surface area is 137 Å². The van der Waals surface area contributed by atoms with Crippen LogP contribution in [0.1, 0.15) is 0 Å². The molecule has 2 nitrogen and oxygen atoms in total. The maximum atomic E-state index is 7.61. The second-order valence-corrected chi connectivity index (χ2v) is 1.24. The van der Waals surface area contributed by atoms with E-state index in [4.69, 9.17) is 10.5 Å². The van der Waals surface area contributed by atoms with Gasteiger partial charge >= 0.3 is 142 Å². The Balaban J connectivity index is -0.0000000800. The van der Waals surface area contributed by atoms with Gasteiger partial charge in [0.2, 0.25) is 0 Å². The van der Waals surface area contributed by atoms with Crippen molar-refractivity contribution in [3.63, 3.8) is 0 Å². The van der Waals surface area contributed by atoms with E-state index >= 15 is 0 Å². The van der Waals surface area contributed by atoms with Gasteiger partial charge in [-0.3, -0.25) is 0 Å². The summed E-state index contributed by atoms with van der Waals surface area (Å²) in [5.74, 6) is 0. The van der Waals surface area contributed by atoms with Crippen LogP contribution in [0.4, 0.5) is 0 Å². The molecule has 0 saturated carbocycles. The standard InChI is InChI=1S/2CN.Ag.2K/c2*1-2;;;/q;;-2;2*+1. The molecule has 7 heavy (non-hydrogen) atoms. The molecule has 31 valence electrons.